The fourth-order valence-electron chi connectivity index (χ4n) is 3.61. The average molecular weight is 480 g/mol. The zero-order valence-electron chi connectivity index (χ0n) is 20.5. The van der Waals surface area contributed by atoms with E-state index in [2.05, 4.69) is 10.8 Å². The van der Waals surface area contributed by atoms with E-state index in [4.69, 9.17) is 30.5 Å². The minimum Gasteiger partial charge on any atom is -0.497 e. The highest BCUT2D eigenvalue weighted by molar-refractivity contribution is 5.44. The maximum Gasteiger partial charge on any atom is 0.227 e. The van der Waals surface area contributed by atoms with Crippen LogP contribution in [0, 0.1) is 19.3 Å². The van der Waals surface area contributed by atoms with Crippen molar-refractivity contribution in [1.82, 2.24) is 14.7 Å². The predicted octanol–water partition coefficient (Wildman–Crippen LogP) is 3.44. The van der Waals surface area contributed by atoms with E-state index in [1.165, 1.54) is 0 Å². The van der Waals surface area contributed by atoms with Crippen LogP contribution in [0.2, 0.25) is 0 Å². The van der Waals surface area contributed by atoms with Gasteiger partial charge in [-0.1, -0.05) is 24.1 Å². The number of hydrogen-bond acceptors (Lipinski definition) is 7. The predicted molar refractivity (Wildman–Crippen MR) is 134 cm³/mol. The van der Waals surface area contributed by atoms with Crippen LogP contribution in [0.1, 0.15) is 11.3 Å². The van der Waals surface area contributed by atoms with Crippen molar-refractivity contribution >= 4 is 0 Å². The van der Waals surface area contributed by atoms with E-state index in [-0.39, 0.29) is 13.2 Å². The summed E-state index contributed by atoms with van der Waals surface area (Å²) in [6.45, 7) is 4.28. The van der Waals surface area contributed by atoms with Crippen molar-refractivity contribution < 1.29 is 24.1 Å². The van der Waals surface area contributed by atoms with E-state index in [0.29, 0.717) is 37.9 Å². The first-order valence-corrected chi connectivity index (χ1v) is 11.4. The number of aromatic nitrogens is 2. The van der Waals surface area contributed by atoms with Gasteiger partial charge < -0.3 is 24.1 Å². The van der Waals surface area contributed by atoms with Crippen LogP contribution in [0.25, 0.3) is 5.69 Å². The van der Waals surface area contributed by atoms with Gasteiger partial charge in [0.1, 0.15) is 18.1 Å². The topological polar surface area (TPSA) is 78.2 Å². The molecule has 0 unspecified atom stereocenters. The zero-order chi connectivity index (χ0) is 25.0. The van der Waals surface area contributed by atoms with Crippen molar-refractivity contribution in [3.8, 4) is 35.4 Å². The molecule has 1 N–H and O–H groups in total. The van der Waals surface area contributed by atoms with Crippen molar-refractivity contribution in [3.63, 3.8) is 0 Å². The highest BCUT2D eigenvalue weighted by atomic mass is 16.5. The molecule has 1 aromatic heterocycles. The molecular formula is C27H33N3O5. The van der Waals surface area contributed by atoms with Gasteiger partial charge in [-0.15, -0.1) is 6.42 Å². The Morgan fingerprint density at radius 2 is 1.80 bits per heavy atom. The van der Waals surface area contributed by atoms with Crippen LogP contribution in [-0.4, -0.2) is 73.0 Å². The number of aryl methyl sites for hydroxylation is 1. The van der Waals surface area contributed by atoms with Gasteiger partial charge in [0.2, 0.25) is 5.88 Å². The molecule has 0 saturated carbocycles. The summed E-state index contributed by atoms with van der Waals surface area (Å²) in [7, 11) is 3.28. The number of terminal acetylenes is 1. The molecule has 0 saturated heterocycles. The number of hydrogen-bond donors (Lipinski definition) is 1. The SMILES string of the molecule is C#CCOC[C@@H](O)CN(CCOC)Cc1c(C)nn(-c2ccccc2)c1Oc1ccc(OC)cc1. The molecule has 8 nitrogen and oxygen atoms in total. The standard InChI is InChI=1S/C27H33N3O5/c1-5-16-34-20-23(31)18-29(15-17-32-3)19-26-21(2)28-30(22-9-7-6-8-10-22)27(26)35-25-13-11-24(33-4)12-14-25/h1,6-14,23,31H,15-20H2,2-4H3/t23-/m0/s1. The van der Waals surface area contributed by atoms with Gasteiger partial charge in [0.05, 0.1) is 43.4 Å². The Bertz CT molecular complexity index is 1080. The van der Waals surface area contributed by atoms with Crippen molar-refractivity contribution in [2.24, 2.45) is 0 Å². The fourth-order valence-corrected chi connectivity index (χ4v) is 3.61. The summed E-state index contributed by atoms with van der Waals surface area (Å²) in [6, 6.07) is 17.2. The Balaban J connectivity index is 1.91. The third-order valence-corrected chi connectivity index (χ3v) is 5.37. The molecule has 3 aromatic rings. The fraction of sp³-hybridized carbons (Fsp3) is 0.370. The minimum atomic E-state index is -0.698. The zero-order valence-corrected chi connectivity index (χ0v) is 20.5. The van der Waals surface area contributed by atoms with E-state index in [1.807, 2.05) is 61.5 Å². The number of benzene rings is 2. The summed E-state index contributed by atoms with van der Waals surface area (Å²) < 4.78 is 24.1. The Kier molecular flexibility index (Phi) is 10.1. The highest BCUT2D eigenvalue weighted by Gasteiger charge is 2.22. The smallest absolute Gasteiger partial charge is 0.227 e. The first-order chi connectivity index (χ1) is 17.0. The molecule has 0 fully saturated rings. The lowest BCUT2D eigenvalue weighted by atomic mass is 10.2. The first kappa shape index (κ1) is 26.3. The third kappa shape index (κ3) is 7.57. The van der Waals surface area contributed by atoms with E-state index >= 15 is 0 Å². The number of para-hydroxylation sites is 1. The molecule has 0 aliphatic heterocycles. The number of methoxy groups -OCH3 is 2. The largest absolute Gasteiger partial charge is 0.497 e. The maximum absolute atomic E-state index is 10.5. The summed E-state index contributed by atoms with van der Waals surface area (Å²) in [5.41, 5.74) is 2.63. The highest BCUT2D eigenvalue weighted by Crippen LogP contribution is 2.32. The number of ether oxygens (including phenoxy) is 4. The van der Waals surface area contributed by atoms with Crippen LogP contribution < -0.4 is 9.47 Å². The molecule has 0 aliphatic rings. The summed E-state index contributed by atoms with van der Waals surface area (Å²) in [5.74, 6) is 4.43. The van der Waals surface area contributed by atoms with Crippen LogP contribution in [0.15, 0.2) is 54.6 Å². The molecule has 0 spiro atoms. The van der Waals surface area contributed by atoms with Gasteiger partial charge in [-0.2, -0.15) is 5.10 Å². The van der Waals surface area contributed by atoms with Gasteiger partial charge >= 0.3 is 0 Å². The first-order valence-electron chi connectivity index (χ1n) is 11.4. The minimum absolute atomic E-state index is 0.158. The molecular weight excluding hydrogens is 446 g/mol. The lowest BCUT2D eigenvalue weighted by Crippen LogP contribution is -2.36. The molecule has 1 atom stereocenters. The van der Waals surface area contributed by atoms with E-state index in [0.717, 1.165) is 22.7 Å². The van der Waals surface area contributed by atoms with Crippen molar-refractivity contribution in [2.45, 2.75) is 19.6 Å². The second kappa shape index (κ2) is 13.5. The molecule has 186 valence electrons. The number of nitrogens with zero attached hydrogens (tertiary/aromatic N) is 3. The summed E-state index contributed by atoms with van der Waals surface area (Å²) in [6.07, 6.45) is 4.53. The normalized spacial score (nSPS) is 11.9. The summed E-state index contributed by atoms with van der Waals surface area (Å²) >= 11 is 0. The molecule has 2 aromatic carbocycles. The Morgan fingerprint density at radius 1 is 1.09 bits per heavy atom. The van der Waals surface area contributed by atoms with Crippen LogP contribution in [0.5, 0.6) is 17.4 Å². The second-order valence-corrected chi connectivity index (χ2v) is 8.00. The lowest BCUT2D eigenvalue weighted by Gasteiger charge is -2.25. The van der Waals surface area contributed by atoms with E-state index in [9.17, 15) is 5.11 Å². The number of aliphatic hydroxyl groups is 1. The van der Waals surface area contributed by atoms with Crippen molar-refractivity contribution in [1.29, 1.82) is 0 Å². The van der Waals surface area contributed by atoms with Gasteiger partial charge in [-0.05, 0) is 43.3 Å². The maximum atomic E-state index is 10.5. The monoisotopic (exact) mass is 479 g/mol. The third-order valence-electron chi connectivity index (χ3n) is 5.37. The number of aliphatic hydroxyl groups excluding tert-OH is 1. The average Bonchev–Trinajstić information content (AvgIpc) is 3.18. The molecule has 1 heterocycles. The summed E-state index contributed by atoms with van der Waals surface area (Å²) in [4.78, 5) is 2.09. The molecule has 8 heteroatoms. The number of rotatable bonds is 14. The quantitative estimate of drug-likeness (QED) is 0.280. The Morgan fingerprint density at radius 3 is 2.46 bits per heavy atom. The van der Waals surface area contributed by atoms with Gasteiger partial charge in [0, 0.05) is 26.7 Å². The molecule has 0 radical (unpaired) electrons. The Labute approximate surface area is 207 Å². The van der Waals surface area contributed by atoms with E-state index < -0.39 is 6.10 Å². The molecule has 0 amide bonds. The van der Waals surface area contributed by atoms with Crippen LogP contribution in [0.3, 0.4) is 0 Å². The van der Waals surface area contributed by atoms with E-state index in [1.54, 1.807) is 18.9 Å². The van der Waals surface area contributed by atoms with Gasteiger partial charge in [-0.3, -0.25) is 4.90 Å². The molecule has 0 aliphatic carbocycles. The van der Waals surface area contributed by atoms with Crippen molar-refractivity contribution in [3.05, 3.63) is 65.9 Å². The van der Waals surface area contributed by atoms with Gasteiger partial charge in [0.25, 0.3) is 0 Å². The molecule has 0 bridgehead atoms. The van der Waals surface area contributed by atoms with Crippen LogP contribution in [-0.2, 0) is 16.0 Å². The van der Waals surface area contributed by atoms with Crippen molar-refractivity contribution in [2.75, 3.05) is 47.1 Å². The lowest BCUT2D eigenvalue weighted by molar-refractivity contribution is 0.0206. The molecule has 3 rings (SSSR count). The molecule has 35 heavy (non-hydrogen) atoms. The van der Waals surface area contributed by atoms with Crippen LogP contribution in [0.4, 0.5) is 0 Å². The Hall–Kier alpha value is -3.35. The van der Waals surface area contributed by atoms with Gasteiger partial charge in [-0.25, -0.2) is 4.68 Å². The van der Waals surface area contributed by atoms with Gasteiger partial charge in [0.15, 0.2) is 0 Å². The van der Waals surface area contributed by atoms with Crippen LogP contribution >= 0.6 is 0 Å². The summed E-state index contributed by atoms with van der Waals surface area (Å²) in [5, 5.41) is 15.3. The second-order valence-electron chi connectivity index (χ2n) is 8.00.